The van der Waals surface area contributed by atoms with Crippen LogP contribution >= 0.6 is 0 Å². The molecule has 0 heterocycles. The first kappa shape index (κ1) is 15.5. The maximum Gasteiger partial charge on any atom is 0.119 e. The predicted molar refractivity (Wildman–Crippen MR) is 83.5 cm³/mol. The SMILES string of the molecule is C=CCOc1ccc(/C=C(\C)C(C)NCCC)cc1. The largest absolute Gasteiger partial charge is 0.490 e. The Morgan fingerprint density at radius 2 is 2.05 bits per heavy atom. The van der Waals surface area contributed by atoms with Gasteiger partial charge in [0.1, 0.15) is 12.4 Å². The molecule has 0 fully saturated rings. The second-order valence-electron chi connectivity index (χ2n) is 4.73. The van der Waals surface area contributed by atoms with E-state index in [9.17, 15) is 0 Å². The second-order valence-corrected chi connectivity index (χ2v) is 4.73. The third-order valence-electron chi connectivity index (χ3n) is 3.03. The van der Waals surface area contributed by atoms with Gasteiger partial charge in [0, 0.05) is 6.04 Å². The molecular weight excluding hydrogens is 234 g/mol. The molecule has 0 aliphatic rings. The first-order valence-corrected chi connectivity index (χ1v) is 6.92. The number of rotatable bonds is 8. The molecule has 1 N–H and O–H groups in total. The lowest BCUT2D eigenvalue weighted by molar-refractivity contribution is 0.363. The molecule has 2 nitrogen and oxygen atoms in total. The maximum atomic E-state index is 5.46. The average Bonchev–Trinajstić information content (AvgIpc) is 2.43. The predicted octanol–water partition coefficient (Wildman–Crippen LogP) is 4.04. The van der Waals surface area contributed by atoms with Gasteiger partial charge in [0.15, 0.2) is 0 Å². The standard InChI is InChI=1S/C17H25NO/c1-5-11-18-15(4)14(3)13-16-7-9-17(10-8-16)19-12-6-2/h6-10,13,15,18H,2,5,11-12H2,1,3-4H3/b14-13+. The molecule has 19 heavy (non-hydrogen) atoms. The summed E-state index contributed by atoms with van der Waals surface area (Å²) in [7, 11) is 0. The number of benzene rings is 1. The fourth-order valence-electron chi connectivity index (χ4n) is 1.73. The highest BCUT2D eigenvalue weighted by atomic mass is 16.5. The normalized spacial score (nSPS) is 13.1. The van der Waals surface area contributed by atoms with E-state index >= 15 is 0 Å². The summed E-state index contributed by atoms with van der Waals surface area (Å²) in [6.45, 7) is 11.8. The lowest BCUT2D eigenvalue weighted by Gasteiger charge is -2.14. The third kappa shape index (κ3) is 5.75. The third-order valence-corrected chi connectivity index (χ3v) is 3.03. The summed E-state index contributed by atoms with van der Waals surface area (Å²) in [6, 6.07) is 8.55. The Labute approximate surface area is 117 Å². The molecule has 0 aliphatic carbocycles. The lowest BCUT2D eigenvalue weighted by Crippen LogP contribution is -2.27. The van der Waals surface area contributed by atoms with Gasteiger partial charge in [-0.2, -0.15) is 0 Å². The van der Waals surface area contributed by atoms with E-state index in [1.807, 2.05) is 12.1 Å². The molecule has 1 unspecified atom stereocenters. The molecule has 104 valence electrons. The van der Waals surface area contributed by atoms with Crippen LogP contribution in [-0.2, 0) is 0 Å². The van der Waals surface area contributed by atoms with Crippen LogP contribution in [0.25, 0.3) is 6.08 Å². The molecule has 0 amide bonds. The van der Waals surface area contributed by atoms with Gasteiger partial charge in [-0.3, -0.25) is 0 Å². The quantitative estimate of drug-likeness (QED) is 0.711. The van der Waals surface area contributed by atoms with Gasteiger partial charge in [0.25, 0.3) is 0 Å². The topological polar surface area (TPSA) is 21.3 Å². The first-order valence-electron chi connectivity index (χ1n) is 6.92. The molecule has 1 aromatic rings. The van der Waals surface area contributed by atoms with E-state index < -0.39 is 0 Å². The van der Waals surface area contributed by atoms with Crippen molar-refractivity contribution in [3.63, 3.8) is 0 Å². The van der Waals surface area contributed by atoms with Crippen molar-refractivity contribution in [2.45, 2.75) is 33.2 Å². The van der Waals surface area contributed by atoms with Crippen molar-refractivity contribution >= 4 is 6.08 Å². The molecule has 2 heteroatoms. The Bertz CT molecular complexity index is 406. The molecule has 1 rings (SSSR count). The fourth-order valence-corrected chi connectivity index (χ4v) is 1.73. The van der Waals surface area contributed by atoms with Gasteiger partial charge in [-0.25, -0.2) is 0 Å². The van der Waals surface area contributed by atoms with Crippen LogP contribution in [0, 0.1) is 0 Å². The smallest absolute Gasteiger partial charge is 0.119 e. The Morgan fingerprint density at radius 1 is 1.37 bits per heavy atom. The minimum atomic E-state index is 0.414. The molecular formula is C17H25NO. The van der Waals surface area contributed by atoms with Crippen molar-refractivity contribution < 1.29 is 4.74 Å². The van der Waals surface area contributed by atoms with E-state index in [0.717, 1.165) is 18.7 Å². The van der Waals surface area contributed by atoms with Crippen LogP contribution in [0.1, 0.15) is 32.8 Å². The summed E-state index contributed by atoms with van der Waals surface area (Å²) in [5.41, 5.74) is 2.54. The Kier molecular flexibility index (Phi) is 6.98. The molecule has 0 radical (unpaired) electrons. The molecule has 0 bridgehead atoms. The monoisotopic (exact) mass is 259 g/mol. The second kappa shape index (κ2) is 8.54. The zero-order chi connectivity index (χ0) is 14.1. The molecule has 1 aromatic carbocycles. The number of hydrogen-bond donors (Lipinski definition) is 1. The van der Waals surface area contributed by atoms with Gasteiger partial charge in [-0.1, -0.05) is 43.4 Å². The van der Waals surface area contributed by atoms with E-state index in [1.165, 1.54) is 11.1 Å². The summed E-state index contributed by atoms with van der Waals surface area (Å²) in [6.07, 6.45) is 5.12. The van der Waals surface area contributed by atoms with Gasteiger partial charge in [0.2, 0.25) is 0 Å². The highest BCUT2D eigenvalue weighted by molar-refractivity contribution is 5.54. The van der Waals surface area contributed by atoms with Crippen molar-refractivity contribution in [3.05, 3.63) is 48.1 Å². The minimum absolute atomic E-state index is 0.414. The molecule has 0 aromatic heterocycles. The van der Waals surface area contributed by atoms with Gasteiger partial charge in [0.05, 0.1) is 0 Å². The first-order chi connectivity index (χ1) is 9.17. The molecule has 1 atom stereocenters. The molecule has 0 aliphatic heterocycles. The van der Waals surface area contributed by atoms with Crippen LogP contribution in [0.3, 0.4) is 0 Å². The highest BCUT2D eigenvalue weighted by Gasteiger charge is 2.02. The van der Waals surface area contributed by atoms with Gasteiger partial charge >= 0.3 is 0 Å². The zero-order valence-electron chi connectivity index (χ0n) is 12.3. The average molecular weight is 259 g/mol. The van der Waals surface area contributed by atoms with E-state index in [0.29, 0.717) is 12.6 Å². The molecule has 0 spiro atoms. The van der Waals surface area contributed by atoms with Crippen LogP contribution in [0.4, 0.5) is 0 Å². The number of ether oxygens (including phenoxy) is 1. The van der Waals surface area contributed by atoms with Gasteiger partial charge in [-0.15, -0.1) is 0 Å². The van der Waals surface area contributed by atoms with Crippen molar-refractivity contribution in [2.24, 2.45) is 0 Å². The highest BCUT2D eigenvalue weighted by Crippen LogP contribution is 2.15. The maximum absolute atomic E-state index is 5.46. The van der Waals surface area contributed by atoms with Crippen LogP contribution in [0.2, 0.25) is 0 Å². The zero-order valence-corrected chi connectivity index (χ0v) is 12.3. The number of nitrogens with one attached hydrogen (secondary N) is 1. The summed E-state index contributed by atoms with van der Waals surface area (Å²) >= 11 is 0. The summed E-state index contributed by atoms with van der Waals surface area (Å²) in [5.74, 6) is 0.881. The van der Waals surface area contributed by atoms with E-state index in [2.05, 4.69) is 50.9 Å². The van der Waals surface area contributed by atoms with Crippen molar-refractivity contribution in [2.75, 3.05) is 13.2 Å². The van der Waals surface area contributed by atoms with E-state index in [4.69, 9.17) is 4.74 Å². The van der Waals surface area contributed by atoms with Crippen molar-refractivity contribution in [3.8, 4) is 5.75 Å². The minimum Gasteiger partial charge on any atom is -0.490 e. The fraction of sp³-hybridized carbons (Fsp3) is 0.412. The number of hydrogen-bond acceptors (Lipinski definition) is 2. The summed E-state index contributed by atoms with van der Waals surface area (Å²) < 4.78 is 5.46. The Hall–Kier alpha value is -1.54. The van der Waals surface area contributed by atoms with Gasteiger partial charge < -0.3 is 10.1 Å². The molecule has 0 saturated heterocycles. The van der Waals surface area contributed by atoms with Crippen molar-refractivity contribution in [1.82, 2.24) is 5.32 Å². The van der Waals surface area contributed by atoms with E-state index in [1.54, 1.807) is 6.08 Å². The van der Waals surface area contributed by atoms with E-state index in [-0.39, 0.29) is 0 Å². The van der Waals surface area contributed by atoms with Crippen LogP contribution in [0.5, 0.6) is 5.75 Å². The van der Waals surface area contributed by atoms with Crippen LogP contribution in [-0.4, -0.2) is 19.2 Å². The van der Waals surface area contributed by atoms with Crippen molar-refractivity contribution in [1.29, 1.82) is 0 Å². The van der Waals surface area contributed by atoms with Gasteiger partial charge in [-0.05, 0) is 44.5 Å². The lowest BCUT2D eigenvalue weighted by atomic mass is 10.1. The van der Waals surface area contributed by atoms with Crippen LogP contribution in [0.15, 0.2) is 42.5 Å². The Morgan fingerprint density at radius 3 is 2.63 bits per heavy atom. The Balaban J connectivity index is 2.62. The molecule has 0 saturated carbocycles. The van der Waals surface area contributed by atoms with Crippen LogP contribution < -0.4 is 10.1 Å². The summed E-state index contributed by atoms with van der Waals surface area (Å²) in [4.78, 5) is 0. The summed E-state index contributed by atoms with van der Waals surface area (Å²) in [5, 5.41) is 3.49.